The number of nitrogens with one attached hydrogen (secondary N) is 2. The summed E-state index contributed by atoms with van der Waals surface area (Å²) in [6, 6.07) is 6.44. The second-order valence-corrected chi connectivity index (χ2v) is 6.09. The van der Waals surface area contributed by atoms with E-state index in [2.05, 4.69) is 27.5 Å². The maximum atomic E-state index is 11.9. The normalized spacial score (nSPS) is 11.0. The van der Waals surface area contributed by atoms with E-state index in [-0.39, 0.29) is 12.3 Å². The lowest BCUT2D eigenvalue weighted by molar-refractivity contribution is -0.139. The molecule has 1 aromatic carbocycles. The molecule has 0 aliphatic carbocycles. The van der Waals surface area contributed by atoms with E-state index < -0.39 is 17.9 Å². The summed E-state index contributed by atoms with van der Waals surface area (Å²) in [5, 5.41) is 7.46. The molecule has 0 bridgehead atoms. The van der Waals surface area contributed by atoms with Gasteiger partial charge in [-0.3, -0.25) is 14.4 Å². The van der Waals surface area contributed by atoms with Gasteiger partial charge in [-0.1, -0.05) is 30.2 Å². The van der Waals surface area contributed by atoms with Crippen molar-refractivity contribution in [3.63, 3.8) is 0 Å². The van der Waals surface area contributed by atoms with Gasteiger partial charge in [0.1, 0.15) is 0 Å². The van der Waals surface area contributed by atoms with Gasteiger partial charge in [-0.05, 0) is 25.3 Å². The molecule has 2 amide bonds. The van der Waals surface area contributed by atoms with E-state index in [1.54, 1.807) is 42.8 Å². The maximum absolute atomic E-state index is 11.9. The van der Waals surface area contributed by atoms with Crippen LogP contribution < -0.4 is 10.6 Å². The lowest BCUT2D eigenvalue weighted by Gasteiger charge is -2.10. The fourth-order valence-corrected chi connectivity index (χ4v) is 2.52. The molecule has 0 radical (unpaired) electrons. The van der Waals surface area contributed by atoms with Gasteiger partial charge in [0.05, 0.1) is 6.04 Å². The molecule has 1 heterocycles. The Kier molecular flexibility index (Phi) is 6.43. The SMILES string of the molecule is CC(=O)c1ccccc1CNC(=O)C(=O)NC(C)C#Cc1nccs1. The summed E-state index contributed by atoms with van der Waals surface area (Å²) in [4.78, 5) is 39.3. The quantitative estimate of drug-likeness (QED) is 0.494. The lowest BCUT2D eigenvalue weighted by atomic mass is 10.0. The van der Waals surface area contributed by atoms with Gasteiger partial charge in [-0.15, -0.1) is 11.3 Å². The standard InChI is InChI=1S/C18H17N3O3S/c1-12(7-8-16-19-9-10-25-16)21-18(24)17(23)20-11-14-5-3-4-6-15(14)13(2)22/h3-6,9-10,12H,11H2,1-2H3,(H,20,23)(H,21,24). The first-order valence-electron chi connectivity index (χ1n) is 7.56. The topological polar surface area (TPSA) is 88.2 Å². The smallest absolute Gasteiger partial charge is 0.310 e. The van der Waals surface area contributed by atoms with Crippen LogP contribution in [0.3, 0.4) is 0 Å². The molecule has 128 valence electrons. The third-order valence-corrected chi connectivity index (χ3v) is 3.91. The second kappa shape index (κ2) is 8.76. The second-order valence-electron chi connectivity index (χ2n) is 5.20. The van der Waals surface area contributed by atoms with Gasteiger partial charge in [-0.2, -0.15) is 0 Å². The monoisotopic (exact) mass is 355 g/mol. The Bertz CT molecular complexity index is 835. The van der Waals surface area contributed by atoms with Crippen LogP contribution in [0.25, 0.3) is 0 Å². The third kappa shape index (κ3) is 5.55. The van der Waals surface area contributed by atoms with Crippen molar-refractivity contribution in [1.29, 1.82) is 0 Å². The fraction of sp³-hybridized carbons (Fsp3) is 0.222. The summed E-state index contributed by atoms with van der Waals surface area (Å²) in [6.45, 7) is 3.23. The van der Waals surface area contributed by atoms with E-state index in [9.17, 15) is 14.4 Å². The predicted molar refractivity (Wildman–Crippen MR) is 94.9 cm³/mol. The molecule has 2 rings (SSSR count). The Labute approximate surface area is 149 Å². The highest BCUT2D eigenvalue weighted by Gasteiger charge is 2.15. The highest BCUT2D eigenvalue weighted by molar-refractivity contribution is 7.10. The first-order chi connectivity index (χ1) is 12.0. The van der Waals surface area contributed by atoms with E-state index in [1.807, 2.05) is 0 Å². The number of carbonyl (C=O) groups excluding carboxylic acids is 3. The number of hydrogen-bond acceptors (Lipinski definition) is 5. The Morgan fingerprint density at radius 1 is 1.24 bits per heavy atom. The van der Waals surface area contributed by atoms with Gasteiger partial charge in [0.25, 0.3) is 0 Å². The lowest BCUT2D eigenvalue weighted by Crippen LogP contribution is -2.43. The van der Waals surface area contributed by atoms with Gasteiger partial charge in [0.2, 0.25) is 0 Å². The molecule has 1 atom stereocenters. The van der Waals surface area contributed by atoms with E-state index in [4.69, 9.17) is 0 Å². The minimum absolute atomic E-state index is 0.0969. The number of carbonyl (C=O) groups is 3. The Balaban J connectivity index is 1.88. The summed E-state index contributed by atoms with van der Waals surface area (Å²) >= 11 is 1.40. The molecule has 0 saturated heterocycles. The number of hydrogen-bond donors (Lipinski definition) is 2. The zero-order valence-corrected chi connectivity index (χ0v) is 14.6. The van der Waals surface area contributed by atoms with Crippen LogP contribution in [-0.4, -0.2) is 28.6 Å². The third-order valence-electron chi connectivity index (χ3n) is 3.22. The zero-order valence-electron chi connectivity index (χ0n) is 13.8. The van der Waals surface area contributed by atoms with Gasteiger partial charge in [0.15, 0.2) is 10.8 Å². The molecule has 1 unspecified atom stereocenters. The van der Waals surface area contributed by atoms with Crippen LogP contribution in [-0.2, 0) is 16.1 Å². The van der Waals surface area contributed by atoms with Crippen molar-refractivity contribution < 1.29 is 14.4 Å². The van der Waals surface area contributed by atoms with Crippen molar-refractivity contribution in [3.8, 4) is 11.8 Å². The highest BCUT2D eigenvalue weighted by atomic mass is 32.1. The van der Waals surface area contributed by atoms with Crippen molar-refractivity contribution in [2.75, 3.05) is 0 Å². The van der Waals surface area contributed by atoms with Gasteiger partial charge in [0, 0.05) is 23.7 Å². The number of ketones is 1. The number of Topliss-reactive ketones (excluding diaryl/α,β-unsaturated/α-hetero) is 1. The number of aromatic nitrogens is 1. The molecule has 2 aromatic rings. The van der Waals surface area contributed by atoms with Crippen LogP contribution in [0.2, 0.25) is 0 Å². The average molecular weight is 355 g/mol. The van der Waals surface area contributed by atoms with Crippen molar-refractivity contribution in [3.05, 3.63) is 52.0 Å². The van der Waals surface area contributed by atoms with Crippen LogP contribution in [0.5, 0.6) is 0 Å². The van der Waals surface area contributed by atoms with Crippen molar-refractivity contribution in [2.45, 2.75) is 26.4 Å². The summed E-state index contributed by atoms with van der Waals surface area (Å²) in [5.74, 6) is 3.98. The largest absolute Gasteiger partial charge is 0.344 e. The Morgan fingerprint density at radius 2 is 2.00 bits per heavy atom. The molecule has 25 heavy (non-hydrogen) atoms. The maximum Gasteiger partial charge on any atom is 0.310 e. The first-order valence-corrected chi connectivity index (χ1v) is 8.44. The van der Waals surface area contributed by atoms with Crippen LogP contribution in [0.15, 0.2) is 35.8 Å². The van der Waals surface area contributed by atoms with Crippen molar-refractivity contribution in [2.24, 2.45) is 0 Å². The minimum atomic E-state index is -0.777. The summed E-state index contributed by atoms with van der Waals surface area (Å²) < 4.78 is 0. The van der Waals surface area contributed by atoms with E-state index in [0.717, 1.165) is 0 Å². The number of amides is 2. The van der Waals surface area contributed by atoms with E-state index >= 15 is 0 Å². The zero-order chi connectivity index (χ0) is 18.2. The van der Waals surface area contributed by atoms with Crippen LogP contribution in [0, 0.1) is 11.8 Å². The molecule has 2 N–H and O–H groups in total. The van der Waals surface area contributed by atoms with Crippen molar-refractivity contribution >= 4 is 28.9 Å². The predicted octanol–water partition coefficient (Wildman–Crippen LogP) is 1.52. The first kappa shape index (κ1) is 18.4. The molecule has 0 saturated carbocycles. The molecular weight excluding hydrogens is 338 g/mol. The van der Waals surface area contributed by atoms with Gasteiger partial charge in [-0.25, -0.2) is 4.98 Å². The Hall–Kier alpha value is -2.98. The molecule has 1 aromatic heterocycles. The minimum Gasteiger partial charge on any atom is -0.344 e. The molecule has 0 aliphatic heterocycles. The number of thiazole rings is 1. The van der Waals surface area contributed by atoms with Gasteiger partial charge < -0.3 is 10.6 Å². The van der Waals surface area contributed by atoms with Crippen LogP contribution >= 0.6 is 11.3 Å². The van der Waals surface area contributed by atoms with E-state index in [0.29, 0.717) is 16.1 Å². The summed E-state index contributed by atoms with van der Waals surface area (Å²) in [7, 11) is 0. The average Bonchev–Trinajstić information content (AvgIpc) is 3.11. The number of nitrogens with zero attached hydrogens (tertiary/aromatic N) is 1. The molecule has 0 spiro atoms. The molecule has 6 nitrogen and oxygen atoms in total. The molecule has 0 aliphatic rings. The van der Waals surface area contributed by atoms with E-state index in [1.165, 1.54) is 18.3 Å². The summed E-state index contributed by atoms with van der Waals surface area (Å²) in [5.41, 5.74) is 1.18. The van der Waals surface area contributed by atoms with Crippen LogP contribution in [0.1, 0.15) is 34.8 Å². The fourth-order valence-electron chi connectivity index (χ4n) is 2.03. The molecule has 7 heteroatoms. The van der Waals surface area contributed by atoms with Gasteiger partial charge >= 0.3 is 11.8 Å². The number of rotatable bonds is 4. The highest BCUT2D eigenvalue weighted by Crippen LogP contribution is 2.09. The van der Waals surface area contributed by atoms with Crippen LogP contribution in [0.4, 0.5) is 0 Å². The molecular formula is C18H17N3O3S. The number of benzene rings is 1. The Morgan fingerprint density at radius 3 is 2.68 bits per heavy atom. The molecule has 0 fully saturated rings. The summed E-state index contributed by atoms with van der Waals surface area (Å²) in [6.07, 6.45) is 1.64. The van der Waals surface area contributed by atoms with Crippen molar-refractivity contribution in [1.82, 2.24) is 15.6 Å².